The number of cyclic esters (lactones) is 2. The zero-order valence-electron chi connectivity index (χ0n) is 20.7. The third-order valence-corrected chi connectivity index (χ3v) is 5.37. The fourth-order valence-corrected chi connectivity index (χ4v) is 3.44. The molecule has 2 N–H and O–H groups in total. The number of allylic oxidation sites excluding steroid dienone is 2. The summed E-state index contributed by atoms with van der Waals surface area (Å²) in [4.78, 5) is 48.0. The Kier molecular flexibility index (Phi) is 12.1. The van der Waals surface area contributed by atoms with E-state index in [2.05, 4.69) is 0 Å². The van der Waals surface area contributed by atoms with Crippen LogP contribution < -0.4 is 0 Å². The molecule has 0 radical (unpaired) electrons. The van der Waals surface area contributed by atoms with Crippen molar-refractivity contribution in [2.24, 2.45) is 0 Å². The molecule has 0 amide bonds. The van der Waals surface area contributed by atoms with Crippen molar-refractivity contribution in [3.63, 3.8) is 0 Å². The number of rotatable bonds is 15. The molecule has 0 aromatic carbocycles. The maximum atomic E-state index is 12.1. The number of carbonyl (C=O) groups is 4. The molecule has 2 rings (SSSR count). The average Bonchev–Trinajstić information content (AvgIpc) is 3.24. The fourth-order valence-electron chi connectivity index (χ4n) is 3.44. The normalized spacial score (nSPS) is 20.0. The summed E-state index contributed by atoms with van der Waals surface area (Å²) in [5.74, 6) is -2.77. The third-order valence-electron chi connectivity index (χ3n) is 5.37. The second-order valence-corrected chi connectivity index (χ2v) is 8.27. The van der Waals surface area contributed by atoms with E-state index in [1.54, 1.807) is 24.3 Å². The number of hydrogen-bond acceptors (Lipinski definition) is 10. The Balaban J connectivity index is 1.72. The van der Waals surface area contributed by atoms with Crippen LogP contribution in [0.25, 0.3) is 0 Å². The molecule has 0 aromatic rings. The molecule has 36 heavy (non-hydrogen) atoms. The van der Waals surface area contributed by atoms with E-state index in [4.69, 9.17) is 18.9 Å². The Morgan fingerprint density at radius 3 is 1.53 bits per heavy atom. The van der Waals surface area contributed by atoms with Crippen molar-refractivity contribution < 1.29 is 48.3 Å². The van der Waals surface area contributed by atoms with Crippen molar-refractivity contribution in [2.45, 2.75) is 77.8 Å². The van der Waals surface area contributed by atoms with Gasteiger partial charge in [0.15, 0.2) is 0 Å². The molecule has 198 valence electrons. The Hall–Kier alpha value is -3.24. The molecule has 0 saturated heterocycles. The van der Waals surface area contributed by atoms with E-state index in [0.717, 1.165) is 25.7 Å². The summed E-state index contributed by atoms with van der Waals surface area (Å²) in [7, 11) is 0. The van der Waals surface area contributed by atoms with Crippen LogP contribution in [0.2, 0.25) is 0 Å². The minimum absolute atomic E-state index is 0.0539. The van der Waals surface area contributed by atoms with Crippen LogP contribution in [0.3, 0.4) is 0 Å². The highest BCUT2D eigenvalue weighted by Crippen LogP contribution is 2.26. The third kappa shape index (κ3) is 8.76. The average molecular weight is 507 g/mol. The van der Waals surface area contributed by atoms with Crippen molar-refractivity contribution in [2.75, 3.05) is 13.2 Å². The smallest absolute Gasteiger partial charge is 0.337 e. The summed E-state index contributed by atoms with van der Waals surface area (Å²) >= 11 is 0. The zero-order chi connectivity index (χ0) is 26.5. The van der Waals surface area contributed by atoms with Crippen molar-refractivity contribution in [1.29, 1.82) is 0 Å². The number of hydrogen-bond donors (Lipinski definition) is 2. The fraction of sp³-hybridized carbons (Fsp3) is 0.538. The Labute approximate surface area is 210 Å². The summed E-state index contributed by atoms with van der Waals surface area (Å²) in [6, 6.07) is 0. The Bertz CT molecular complexity index is 864. The summed E-state index contributed by atoms with van der Waals surface area (Å²) in [6.07, 6.45) is 7.46. The lowest BCUT2D eigenvalue weighted by atomic mass is 10.1. The number of carbonyl (C=O) groups excluding carboxylic acids is 4. The van der Waals surface area contributed by atoms with Crippen LogP contribution in [0.1, 0.15) is 65.2 Å². The second kappa shape index (κ2) is 15.0. The van der Waals surface area contributed by atoms with Gasteiger partial charge in [-0.05, 0) is 25.7 Å². The van der Waals surface area contributed by atoms with Gasteiger partial charge in [-0.15, -0.1) is 0 Å². The van der Waals surface area contributed by atoms with Crippen LogP contribution in [-0.2, 0) is 38.1 Å². The van der Waals surface area contributed by atoms with Gasteiger partial charge in [-0.2, -0.15) is 0 Å². The van der Waals surface area contributed by atoms with E-state index < -0.39 is 36.5 Å². The number of aliphatic hydroxyl groups excluding tert-OH is 2. The molecule has 0 aliphatic carbocycles. The predicted molar refractivity (Wildman–Crippen MR) is 127 cm³/mol. The van der Waals surface area contributed by atoms with Crippen LogP contribution in [0.5, 0.6) is 0 Å². The first kappa shape index (κ1) is 29.0. The minimum atomic E-state index is -1.39. The standard InChI is InChI=1S/C26H34O10/c1-3-5-7-11-17-19(25(31)35-23(17)29)15-21(27)33-13-9-10-14-34-22(28)16-20-18(12-8-6-4-2)24(30)36-26(20)32/h7-8,11-12,23-24,29-30H,3-6,9-10,13-16H2,1-2H3/b11-7+,12-8+. The topological polar surface area (TPSA) is 146 Å². The molecule has 2 aliphatic heterocycles. The molecule has 0 aromatic heterocycles. The van der Waals surface area contributed by atoms with Crippen LogP contribution in [0.15, 0.2) is 46.6 Å². The van der Waals surface area contributed by atoms with Gasteiger partial charge in [0.05, 0.1) is 37.2 Å². The molecule has 2 aliphatic rings. The summed E-state index contributed by atoms with van der Waals surface area (Å²) in [5, 5.41) is 19.7. The van der Waals surface area contributed by atoms with Crippen LogP contribution in [0, 0.1) is 0 Å². The molecule has 0 bridgehead atoms. The van der Waals surface area contributed by atoms with Crippen molar-refractivity contribution >= 4 is 23.9 Å². The van der Waals surface area contributed by atoms with Crippen molar-refractivity contribution in [3.8, 4) is 0 Å². The summed E-state index contributed by atoms with van der Waals surface area (Å²) in [5.41, 5.74) is 0.662. The first-order valence-electron chi connectivity index (χ1n) is 12.2. The molecule has 2 unspecified atom stereocenters. The molecule has 10 nitrogen and oxygen atoms in total. The van der Waals surface area contributed by atoms with E-state index in [1.165, 1.54) is 0 Å². The molecule has 0 saturated carbocycles. The highest BCUT2D eigenvalue weighted by Gasteiger charge is 2.33. The highest BCUT2D eigenvalue weighted by atomic mass is 16.6. The minimum Gasteiger partial charge on any atom is -0.465 e. The summed E-state index contributed by atoms with van der Waals surface area (Å²) < 4.78 is 19.8. The van der Waals surface area contributed by atoms with Gasteiger partial charge in [-0.25, -0.2) is 9.59 Å². The Morgan fingerprint density at radius 2 is 1.17 bits per heavy atom. The maximum absolute atomic E-state index is 12.1. The predicted octanol–water partition coefficient (Wildman–Crippen LogP) is 2.69. The molecule has 0 fully saturated rings. The lowest BCUT2D eigenvalue weighted by Gasteiger charge is -2.07. The largest absolute Gasteiger partial charge is 0.465 e. The van der Waals surface area contributed by atoms with E-state index >= 15 is 0 Å². The number of esters is 4. The lowest BCUT2D eigenvalue weighted by Crippen LogP contribution is -2.12. The lowest BCUT2D eigenvalue weighted by molar-refractivity contribution is -0.154. The van der Waals surface area contributed by atoms with Crippen molar-refractivity contribution in [1.82, 2.24) is 0 Å². The van der Waals surface area contributed by atoms with Crippen LogP contribution >= 0.6 is 0 Å². The maximum Gasteiger partial charge on any atom is 0.337 e. The van der Waals surface area contributed by atoms with E-state index in [9.17, 15) is 29.4 Å². The molecule has 2 atom stereocenters. The molecule has 2 heterocycles. The Morgan fingerprint density at radius 1 is 0.778 bits per heavy atom. The zero-order valence-corrected chi connectivity index (χ0v) is 20.7. The number of unbranched alkanes of at least 4 members (excludes halogenated alkanes) is 3. The van der Waals surface area contributed by atoms with E-state index in [-0.39, 0.29) is 48.3 Å². The van der Waals surface area contributed by atoms with Gasteiger partial charge in [-0.3, -0.25) is 9.59 Å². The van der Waals surface area contributed by atoms with Gasteiger partial charge < -0.3 is 29.2 Å². The van der Waals surface area contributed by atoms with Gasteiger partial charge >= 0.3 is 23.9 Å². The molecule has 10 heteroatoms. The highest BCUT2D eigenvalue weighted by molar-refractivity contribution is 5.98. The SMILES string of the molecule is CCC/C=C/C1=C(CC(=O)OCCCCOC(=O)CC2=C(/C=C/CCC)C(O)OC2=O)C(=O)OC1O. The van der Waals surface area contributed by atoms with Crippen molar-refractivity contribution in [3.05, 3.63) is 46.6 Å². The van der Waals surface area contributed by atoms with E-state index in [0.29, 0.717) is 12.8 Å². The van der Waals surface area contributed by atoms with Gasteiger partial charge in [0.25, 0.3) is 0 Å². The van der Waals surface area contributed by atoms with E-state index in [1.807, 2.05) is 13.8 Å². The monoisotopic (exact) mass is 506 g/mol. The number of aliphatic hydroxyl groups is 2. The van der Waals surface area contributed by atoms with Gasteiger partial charge in [0.2, 0.25) is 12.6 Å². The first-order chi connectivity index (χ1) is 17.3. The molecular weight excluding hydrogens is 472 g/mol. The van der Waals surface area contributed by atoms with Crippen LogP contribution in [-0.4, -0.2) is 59.9 Å². The number of ether oxygens (including phenoxy) is 4. The quantitative estimate of drug-likeness (QED) is 0.193. The first-order valence-corrected chi connectivity index (χ1v) is 12.2. The van der Waals surface area contributed by atoms with Gasteiger partial charge in [0.1, 0.15) is 0 Å². The van der Waals surface area contributed by atoms with Gasteiger partial charge in [0, 0.05) is 11.1 Å². The van der Waals surface area contributed by atoms with Gasteiger partial charge in [-0.1, -0.05) is 51.0 Å². The molecule has 0 spiro atoms. The summed E-state index contributed by atoms with van der Waals surface area (Å²) in [6.45, 7) is 4.08. The second-order valence-electron chi connectivity index (χ2n) is 8.27. The van der Waals surface area contributed by atoms with Crippen LogP contribution in [0.4, 0.5) is 0 Å². The molecular formula is C26H34O10.